The molecule has 2 N–H and O–H groups in total. The minimum absolute atomic E-state index is 0.0215. The molecule has 0 bridgehead atoms. The highest BCUT2D eigenvalue weighted by Gasteiger charge is 2.55. The van der Waals surface area contributed by atoms with Crippen molar-refractivity contribution < 1.29 is 36.7 Å². The van der Waals surface area contributed by atoms with Gasteiger partial charge in [0.15, 0.2) is 23.0 Å². The predicted octanol–water partition coefficient (Wildman–Crippen LogP) is 2.97. The molecule has 0 spiro atoms. The first-order valence-electron chi connectivity index (χ1n) is 11.2. The lowest BCUT2D eigenvalue weighted by molar-refractivity contribution is -0.275. The lowest BCUT2D eigenvalue weighted by Gasteiger charge is -2.27. The molecule has 1 saturated carbocycles. The molecule has 3 atom stereocenters. The van der Waals surface area contributed by atoms with Crippen LogP contribution in [0.2, 0.25) is 0 Å². The number of fused-ring (bicyclic) bond motifs is 2. The monoisotopic (exact) mass is 504 g/mol. The highest BCUT2D eigenvalue weighted by atomic mass is 19.4. The summed E-state index contributed by atoms with van der Waals surface area (Å²) in [7, 11) is 0. The minimum Gasteiger partial charge on any atom is -0.403 e. The van der Waals surface area contributed by atoms with Crippen molar-refractivity contribution in [1.29, 1.82) is 0 Å². The molecule has 2 fully saturated rings. The van der Waals surface area contributed by atoms with Gasteiger partial charge in [-0.2, -0.15) is 5.10 Å². The Morgan fingerprint density at radius 1 is 1.08 bits per heavy atom. The summed E-state index contributed by atoms with van der Waals surface area (Å²) in [6.45, 7) is -0.246. The zero-order valence-electron chi connectivity index (χ0n) is 18.7. The molecule has 0 unspecified atom stereocenters. The predicted molar refractivity (Wildman–Crippen MR) is 117 cm³/mol. The van der Waals surface area contributed by atoms with E-state index in [1.807, 2.05) is 0 Å². The van der Waals surface area contributed by atoms with E-state index in [1.165, 1.54) is 21.7 Å². The number of hydrogen-bond donors (Lipinski definition) is 1. The summed E-state index contributed by atoms with van der Waals surface area (Å²) < 4.78 is 57.2. The van der Waals surface area contributed by atoms with E-state index in [0.29, 0.717) is 17.3 Å². The van der Waals surface area contributed by atoms with Crippen LogP contribution in [0.15, 0.2) is 42.5 Å². The van der Waals surface area contributed by atoms with Gasteiger partial charge in [0.1, 0.15) is 6.54 Å². The van der Waals surface area contributed by atoms with Crippen LogP contribution in [-0.4, -0.2) is 50.7 Å². The van der Waals surface area contributed by atoms with Crippen LogP contribution in [0.3, 0.4) is 0 Å². The topological polar surface area (TPSA) is 108 Å². The van der Waals surface area contributed by atoms with Crippen molar-refractivity contribution in [1.82, 2.24) is 14.7 Å². The second-order valence-corrected chi connectivity index (χ2v) is 8.92. The number of nitrogens with zero attached hydrogens (tertiary/aromatic N) is 3. The van der Waals surface area contributed by atoms with Crippen molar-refractivity contribution in [3.05, 3.63) is 59.5 Å². The molecule has 1 saturated heterocycles. The van der Waals surface area contributed by atoms with Crippen LogP contribution in [0.4, 0.5) is 17.6 Å². The van der Waals surface area contributed by atoms with E-state index < -0.39 is 48.0 Å². The van der Waals surface area contributed by atoms with Gasteiger partial charge in [0.25, 0.3) is 5.91 Å². The second kappa shape index (κ2) is 8.61. The third-order valence-corrected chi connectivity index (χ3v) is 6.57. The summed E-state index contributed by atoms with van der Waals surface area (Å²) in [6, 6.07) is 8.99. The zero-order chi connectivity index (χ0) is 25.8. The third kappa shape index (κ3) is 4.38. The number of rotatable bonds is 7. The smallest absolute Gasteiger partial charge is 0.403 e. The number of likely N-dealkylation sites (tertiary alicyclic amines) is 1. The Balaban J connectivity index is 1.35. The van der Waals surface area contributed by atoms with Crippen LogP contribution in [-0.2, 0) is 22.6 Å². The average Bonchev–Trinajstić information content (AvgIpc) is 3.31. The molecule has 3 aromatic rings. The lowest BCUT2D eigenvalue weighted by atomic mass is 9.99. The summed E-state index contributed by atoms with van der Waals surface area (Å²) >= 11 is 0. The largest absolute Gasteiger partial charge is 0.573 e. The molecule has 2 amide bonds. The Labute approximate surface area is 201 Å². The molecule has 0 radical (unpaired) electrons. The second-order valence-electron chi connectivity index (χ2n) is 8.92. The van der Waals surface area contributed by atoms with E-state index in [4.69, 9.17) is 5.73 Å². The molecule has 36 heavy (non-hydrogen) atoms. The minimum atomic E-state index is -5.08. The van der Waals surface area contributed by atoms with Crippen LogP contribution in [0.25, 0.3) is 10.9 Å². The number of nitrogens with two attached hydrogens (primary N) is 1. The highest BCUT2D eigenvalue weighted by Crippen LogP contribution is 2.48. The standard InChI is InChI=1S/C24H20F4N4O4/c25-21-12(4-3-7-19(21)36-24(26,27)28)10-18(33)17-9-13-8-16(13)32(17)20(34)11-31-15-6-2-1-5-14(15)22(30-31)23(29)35/h1-7,13,16-17H,8-11H2,(H2,29,35)/t13-,16-,17+/m1/s1. The number of primary amides is 1. The van der Waals surface area contributed by atoms with Crippen molar-refractivity contribution in [2.45, 2.75) is 44.3 Å². The molecule has 8 nitrogen and oxygen atoms in total. The van der Waals surface area contributed by atoms with Gasteiger partial charge in [-0.25, -0.2) is 4.39 Å². The van der Waals surface area contributed by atoms with E-state index in [-0.39, 0.29) is 29.8 Å². The van der Waals surface area contributed by atoms with Crippen LogP contribution in [0, 0.1) is 11.7 Å². The average molecular weight is 504 g/mol. The molecular weight excluding hydrogens is 484 g/mol. The van der Waals surface area contributed by atoms with Crippen LogP contribution in [0.1, 0.15) is 28.9 Å². The Bertz CT molecular complexity index is 1390. The number of aromatic nitrogens is 2. The maximum atomic E-state index is 14.6. The number of carbonyl (C=O) groups excluding carboxylic acids is 3. The number of ketones is 1. The van der Waals surface area contributed by atoms with Gasteiger partial charge < -0.3 is 15.4 Å². The van der Waals surface area contributed by atoms with Gasteiger partial charge in [-0.1, -0.05) is 30.3 Å². The van der Waals surface area contributed by atoms with Crippen molar-refractivity contribution in [3.63, 3.8) is 0 Å². The molecule has 188 valence electrons. The van der Waals surface area contributed by atoms with Gasteiger partial charge in [0.2, 0.25) is 5.91 Å². The molecule has 1 aliphatic heterocycles. The molecule has 2 aliphatic rings. The first kappa shape index (κ1) is 23.8. The number of para-hydroxylation sites is 1. The zero-order valence-corrected chi connectivity index (χ0v) is 18.7. The van der Waals surface area contributed by atoms with E-state index in [9.17, 15) is 31.9 Å². The Hall–Kier alpha value is -3.96. The number of piperidine rings is 1. The fourth-order valence-electron chi connectivity index (χ4n) is 4.94. The number of carbonyl (C=O) groups is 3. The van der Waals surface area contributed by atoms with Gasteiger partial charge in [-0.05, 0) is 36.5 Å². The van der Waals surface area contributed by atoms with E-state index in [0.717, 1.165) is 12.5 Å². The normalized spacial score (nSPS) is 20.9. The Morgan fingerprint density at radius 3 is 2.56 bits per heavy atom. The number of halogens is 4. The maximum Gasteiger partial charge on any atom is 0.573 e. The quantitative estimate of drug-likeness (QED) is 0.498. The summed E-state index contributed by atoms with van der Waals surface area (Å²) in [6.07, 6.45) is -4.46. The first-order valence-corrected chi connectivity index (χ1v) is 11.2. The number of hydrogen-bond acceptors (Lipinski definition) is 5. The van der Waals surface area contributed by atoms with Crippen LogP contribution in [0.5, 0.6) is 5.75 Å². The molecule has 2 heterocycles. The fraction of sp³-hybridized carbons (Fsp3) is 0.333. The molecule has 1 aromatic heterocycles. The van der Waals surface area contributed by atoms with E-state index in [2.05, 4.69) is 9.84 Å². The molecule has 2 aromatic carbocycles. The lowest BCUT2D eigenvalue weighted by Crippen LogP contribution is -2.45. The van der Waals surface area contributed by atoms with Gasteiger partial charge in [-0.3, -0.25) is 19.1 Å². The number of Topliss-reactive ketones (excluding diaryl/α,β-unsaturated/α-hetero) is 1. The Morgan fingerprint density at radius 2 is 1.83 bits per heavy atom. The summed E-state index contributed by atoms with van der Waals surface area (Å²) in [5.74, 6) is -3.80. The van der Waals surface area contributed by atoms with Crippen molar-refractivity contribution in [2.24, 2.45) is 11.7 Å². The SMILES string of the molecule is NC(=O)c1nn(CC(=O)N2[C@@H]3C[C@@H]3C[C@H]2C(=O)Cc2cccc(OC(F)(F)F)c2F)c2ccccc12. The fourth-order valence-corrected chi connectivity index (χ4v) is 4.94. The third-order valence-electron chi connectivity index (χ3n) is 6.57. The van der Waals surface area contributed by atoms with Crippen molar-refractivity contribution in [2.75, 3.05) is 0 Å². The number of benzene rings is 2. The van der Waals surface area contributed by atoms with Crippen LogP contribution >= 0.6 is 0 Å². The van der Waals surface area contributed by atoms with E-state index >= 15 is 0 Å². The molecule has 5 rings (SSSR count). The molecule has 12 heteroatoms. The Kier molecular flexibility index (Phi) is 5.68. The molecular formula is C24H20F4N4O4. The maximum absolute atomic E-state index is 14.6. The van der Waals surface area contributed by atoms with Crippen LogP contribution < -0.4 is 10.5 Å². The van der Waals surface area contributed by atoms with E-state index in [1.54, 1.807) is 24.3 Å². The number of amides is 2. The van der Waals surface area contributed by atoms with Gasteiger partial charge >= 0.3 is 6.36 Å². The van der Waals surface area contributed by atoms with Gasteiger partial charge in [0, 0.05) is 17.8 Å². The van der Waals surface area contributed by atoms with Gasteiger partial charge in [-0.15, -0.1) is 13.2 Å². The highest BCUT2D eigenvalue weighted by molar-refractivity contribution is 6.04. The number of ether oxygens (including phenoxy) is 1. The van der Waals surface area contributed by atoms with Crippen molar-refractivity contribution >= 4 is 28.5 Å². The summed E-state index contributed by atoms with van der Waals surface area (Å²) in [4.78, 5) is 39.6. The summed E-state index contributed by atoms with van der Waals surface area (Å²) in [5.41, 5.74) is 5.71. The number of alkyl halides is 3. The first-order chi connectivity index (χ1) is 17.0. The summed E-state index contributed by atoms with van der Waals surface area (Å²) in [5, 5.41) is 4.67. The molecule has 1 aliphatic carbocycles. The van der Waals surface area contributed by atoms with Gasteiger partial charge in [0.05, 0.1) is 11.6 Å². The van der Waals surface area contributed by atoms with Crippen molar-refractivity contribution in [3.8, 4) is 5.75 Å².